The van der Waals surface area contributed by atoms with Gasteiger partial charge in [0.15, 0.2) is 11.5 Å². The fraction of sp³-hybridized carbons (Fsp3) is 0.600. The SMILES string of the molecule is COc1ccc(C(C)CN)cc1OC1CCCOC1. The summed E-state index contributed by atoms with van der Waals surface area (Å²) < 4.78 is 16.8. The summed E-state index contributed by atoms with van der Waals surface area (Å²) in [5.74, 6) is 1.87. The number of rotatable bonds is 5. The first kappa shape index (κ1) is 14.2. The lowest BCUT2D eigenvalue weighted by molar-refractivity contribution is 0.00640. The zero-order valence-electron chi connectivity index (χ0n) is 11.7. The predicted octanol–water partition coefficient (Wildman–Crippen LogP) is 2.32. The maximum Gasteiger partial charge on any atom is 0.161 e. The van der Waals surface area contributed by atoms with Crippen LogP contribution in [0.4, 0.5) is 0 Å². The Morgan fingerprint density at radius 2 is 2.26 bits per heavy atom. The predicted molar refractivity (Wildman–Crippen MR) is 74.9 cm³/mol. The van der Waals surface area contributed by atoms with Crippen LogP contribution in [0.5, 0.6) is 11.5 Å². The molecule has 1 fully saturated rings. The molecule has 0 radical (unpaired) electrons. The normalized spacial score (nSPS) is 20.9. The molecule has 2 unspecified atom stereocenters. The Bertz CT molecular complexity index is 402. The third-order valence-corrected chi connectivity index (χ3v) is 3.52. The molecule has 1 heterocycles. The van der Waals surface area contributed by atoms with Crippen LogP contribution in [0, 0.1) is 0 Å². The van der Waals surface area contributed by atoms with Crippen LogP contribution in [0.2, 0.25) is 0 Å². The highest BCUT2D eigenvalue weighted by molar-refractivity contribution is 5.44. The summed E-state index contributed by atoms with van der Waals surface area (Å²) in [5, 5.41) is 0. The highest BCUT2D eigenvalue weighted by Crippen LogP contribution is 2.32. The molecule has 1 aromatic rings. The second-order valence-corrected chi connectivity index (χ2v) is 5.00. The van der Waals surface area contributed by atoms with E-state index in [0.717, 1.165) is 30.9 Å². The highest BCUT2D eigenvalue weighted by atomic mass is 16.5. The van der Waals surface area contributed by atoms with Crippen LogP contribution in [0.25, 0.3) is 0 Å². The van der Waals surface area contributed by atoms with E-state index in [4.69, 9.17) is 19.9 Å². The Morgan fingerprint density at radius 1 is 1.42 bits per heavy atom. The zero-order chi connectivity index (χ0) is 13.7. The number of hydrogen-bond donors (Lipinski definition) is 1. The molecular weight excluding hydrogens is 242 g/mol. The third-order valence-electron chi connectivity index (χ3n) is 3.52. The van der Waals surface area contributed by atoms with E-state index in [1.54, 1.807) is 7.11 Å². The van der Waals surface area contributed by atoms with Gasteiger partial charge in [-0.05, 0) is 43.0 Å². The van der Waals surface area contributed by atoms with E-state index in [1.807, 2.05) is 18.2 Å². The molecule has 0 aromatic heterocycles. The number of methoxy groups -OCH3 is 1. The van der Waals surface area contributed by atoms with Crippen molar-refractivity contribution in [2.24, 2.45) is 5.73 Å². The number of ether oxygens (including phenoxy) is 3. The molecule has 4 nitrogen and oxygen atoms in total. The lowest BCUT2D eigenvalue weighted by Gasteiger charge is -2.24. The zero-order valence-corrected chi connectivity index (χ0v) is 11.7. The van der Waals surface area contributed by atoms with Gasteiger partial charge in [0.2, 0.25) is 0 Å². The summed E-state index contributed by atoms with van der Waals surface area (Å²) >= 11 is 0. The molecule has 2 N–H and O–H groups in total. The number of nitrogens with two attached hydrogens (primary N) is 1. The van der Waals surface area contributed by atoms with Crippen molar-refractivity contribution in [1.29, 1.82) is 0 Å². The van der Waals surface area contributed by atoms with Crippen LogP contribution in [0.3, 0.4) is 0 Å². The van der Waals surface area contributed by atoms with Gasteiger partial charge in [0, 0.05) is 6.61 Å². The van der Waals surface area contributed by atoms with Crippen molar-refractivity contribution in [3.8, 4) is 11.5 Å². The molecule has 0 saturated carbocycles. The van der Waals surface area contributed by atoms with E-state index in [-0.39, 0.29) is 6.10 Å². The van der Waals surface area contributed by atoms with Crippen molar-refractivity contribution >= 4 is 0 Å². The monoisotopic (exact) mass is 265 g/mol. The first-order valence-electron chi connectivity index (χ1n) is 6.87. The molecule has 1 aromatic carbocycles. The van der Waals surface area contributed by atoms with Crippen LogP contribution in [-0.2, 0) is 4.74 Å². The lowest BCUT2D eigenvalue weighted by Crippen LogP contribution is -2.28. The lowest BCUT2D eigenvalue weighted by atomic mass is 10.0. The second-order valence-electron chi connectivity index (χ2n) is 5.00. The van der Waals surface area contributed by atoms with Crippen LogP contribution < -0.4 is 15.2 Å². The summed E-state index contributed by atoms with van der Waals surface area (Å²) in [5.41, 5.74) is 6.89. The molecule has 0 aliphatic carbocycles. The number of benzene rings is 1. The molecule has 1 aliphatic heterocycles. The molecule has 2 atom stereocenters. The molecule has 1 aliphatic rings. The summed E-state index contributed by atoms with van der Waals surface area (Å²) in [6, 6.07) is 6.02. The maximum atomic E-state index is 6.02. The Labute approximate surface area is 114 Å². The van der Waals surface area contributed by atoms with E-state index in [0.29, 0.717) is 19.1 Å². The fourth-order valence-electron chi connectivity index (χ4n) is 2.21. The van der Waals surface area contributed by atoms with Gasteiger partial charge in [-0.2, -0.15) is 0 Å². The van der Waals surface area contributed by atoms with E-state index in [2.05, 4.69) is 6.92 Å². The van der Waals surface area contributed by atoms with Gasteiger partial charge in [-0.3, -0.25) is 0 Å². The standard InChI is InChI=1S/C15H23NO3/c1-11(9-16)12-5-6-14(17-2)15(8-12)19-13-4-3-7-18-10-13/h5-6,8,11,13H,3-4,7,9-10,16H2,1-2H3. The van der Waals surface area contributed by atoms with Crippen molar-refractivity contribution in [1.82, 2.24) is 0 Å². The topological polar surface area (TPSA) is 53.7 Å². The Hall–Kier alpha value is -1.26. The van der Waals surface area contributed by atoms with Gasteiger partial charge in [-0.25, -0.2) is 0 Å². The molecule has 0 bridgehead atoms. The van der Waals surface area contributed by atoms with Crippen molar-refractivity contribution < 1.29 is 14.2 Å². The van der Waals surface area contributed by atoms with E-state index in [9.17, 15) is 0 Å². The van der Waals surface area contributed by atoms with Crippen molar-refractivity contribution in [2.75, 3.05) is 26.9 Å². The van der Waals surface area contributed by atoms with Crippen LogP contribution >= 0.6 is 0 Å². The molecule has 4 heteroatoms. The van der Waals surface area contributed by atoms with Gasteiger partial charge in [-0.15, -0.1) is 0 Å². The fourth-order valence-corrected chi connectivity index (χ4v) is 2.21. The average molecular weight is 265 g/mol. The largest absolute Gasteiger partial charge is 0.493 e. The summed E-state index contributed by atoms with van der Waals surface area (Å²) in [6.45, 7) is 4.22. The van der Waals surface area contributed by atoms with E-state index < -0.39 is 0 Å². The summed E-state index contributed by atoms with van der Waals surface area (Å²) in [6.07, 6.45) is 2.19. The number of hydrogen-bond acceptors (Lipinski definition) is 4. The van der Waals surface area contributed by atoms with E-state index in [1.165, 1.54) is 5.56 Å². The minimum Gasteiger partial charge on any atom is -0.493 e. The summed E-state index contributed by atoms with van der Waals surface area (Å²) in [7, 11) is 1.66. The maximum absolute atomic E-state index is 6.02. The van der Waals surface area contributed by atoms with Crippen LogP contribution in [0.1, 0.15) is 31.2 Å². The smallest absolute Gasteiger partial charge is 0.161 e. The Morgan fingerprint density at radius 3 is 2.89 bits per heavy atom. The Kier molecular flexibility index (Phi) is 5.05. The first-order chi connectivity index (χ1) is 9.24. The van der Waals surface area contributed by atoms with Gasteiger partial charge in [0.05, 0.1) is 13.7 Å². The van der Waals surface area contributed by atoms with Crippen molar-refractivity contribution in [2.45, 2.75) is 31.8 Å². The van der Waals surface area contributed by atoms with Crippen molar-refractivity contribution in [3.05, 3.63) is 23.8 Å². The average Bonchev–Trinajstić information content (AvgIpc) is 2.47. The molecule has 19 heavy (non-hydrogen) atoms. The van der Waals surface area contributed by atoms with Gasteiger partial charge >= 0.3 is 0 Å². The minimum absolute atomic E-state index is 0.117. The quantitative estimate of drug-likeness (QED) is 0.887. The molecule has 0 spiro atoms. The van der Waals surface area contributed by atoms with Gasteiger partial charge in [-0.1, -0.05) is 13.0 Å². The third kappa shape index (κ3) is 3.61. The molecule has 1 saturated heterocycles. The molecule has 106 valence electrons. The van der Waals surface area contributed by atoms with Gasteiger partial charge < -0.3 is 19.9 Å². The van der Waals surface area contributed by atoms with Gasteiger partial charge in [0.1, 0.15) is 6.10 Å². The van der Waals surface area contributed by atoms with Gasteiger partial charge in [0.25, 0.3) is 0 Å². The molecular formula is C15H23NO3. The van der Waals surface area contributed by atoms with Crippen molar-refractivity contribution in [3.63, 3.8) is 0 Å². The van der Waals surface area contributed by atoms with Crippen LogP contribution in [0.15, 0.2) is 18.2 Å². The minimum atomic E-state index is 0.117. The second kappa shape index (κ2) is 6.78. The summed E-state index contributed by atoms with van der Waals surface area (Å²) in [4.78, 5) is 0. The van der Waals surface area contributed by atoms with E-state index >= 15 is 0 Å². The molecule has 0 amide bonds. The Balaban J connectivity index is 2.15. The molecule has 2 rings (SSSR count). The van der Waals surface area contributed by atoms with Crippen LogP contribution in [-0.4, -0.2) is 33.0 Å². The first-order valence-corrected chi connectivity index (χ1v) is 6.87. The highest BCUT2D eigenvalue weighted by Gasteiger charge is 2.18.